The predicted octanol–water partition coefficient (Wildman–Crippen LogP) is 2.27. The molecule has 210 valence electrons. The molecule has 38 heavy (non-hydrogen) atoms. The van der Waals surface area contributed by atoms with Gasteiger partial charge in [0.1, 0.15) is 29.7 Å². The number of hydrogen-bond donors (Lipinski definition) is 3. The number of nitrogens with one attached hydrogen (secondary N) is 2. The number of benzene rings is 1. The normalized spacial score (nSPS) is 25.5. The number of aromatic amines is 1. The number of aromatic nitrogens is 2. The largest absolute Gasteiger partial charge is 0.497 e. The van der Waals surface area contributed by atoms with Crippen molar-refractivity contribution in [2.24, 2.45) is 0 Å². The average molecular weight is 641 g/mol. The summed E-state index contributed by atoms with van der Waals surface area (Å²) in [7, 11) is -2.88. The topological polar surface area (TPSA) is 167 Å². The van der Waals surface area contributed by atoms with E-state index in [1.807, 2.05) is 0 Å². The van der Waals surface area contributed by atoms with Crippen molar-refractivity contribution < 1.29 is 37.7 Å². The van der Waals surface area contributed by atoms with E-state index in [1.165, 1.54) is 26.2 Å². The van der Waals surface area contributed by atoms with Gasteiger partial charge < -0.3 is 23.8 Å². The molecular weight excluding hydrogens is 613 g/mol. The minimum absolute atomic E-state index is 0.0994. The minimum atomic E-state index is -4.33. The third-order valence-corrected chi connectivity index (χ3v) is 8.13. The number of carbonyl (C=O) groups excluding carboxylic acids is 1. The van der Waals surface area contributed by atoms with Gasteiger partial charge in [0.2, 0.25) is 0 Å². The Hall–Kier alpha value is -2.19. The maximum absolute atomic E-state index is 13.8. The highest BCUT2D eigenvalue weighted by Gasteiger charge is 2.55. The van der Waals surface area contributed by atoms with Gasteiger partial charge in [0, 0.05) is 18.3 Å². The lowest BCUT2D eigenvalue weighted by Gasteiger charge is -2.25. The van der Waals surface area contributed by atoms with Crippen molar-refractivity contribution in [1.29, 1.82) is 0 Å². The molecule has 0 aliphatic carbocycles. The van der Waals surface area contributed by atoms with Crippen LogP contribution in [0.25, 0.3) is 0 Å². The molecular formula is C22H28BrClN3O10P. The molecule has 6 atom stereocenters. The van der Waals surface area contributed by atoms with Crippen LogP contribution in [0.15, 0.2) is 46.1 Å². The number of alkyl halides is 2. The quantitative estimate of drug-likeness (QED) is 0.187. The lowest BCUT2D eigenvalue weighted by molar-refractivity contribution is -0.149. The molecule has 3 rings (SSSR count). The third kappa shape index (κ3) is 7.26. The Balaban J connectivity index is 1.83. The fourth-order valence-corrected chi connectivity index (χ4v) is 5.81. The summed E-state index contributed by atoms with van der Waals surface area (Å²) in [5.41, 5.74) is -1.46. The molecule has 1 aliphatic heterocycles. The lowest BCUT2D eigenvalue weighted by atomic mass is 10.2. The van der Waals surface area contributed by atoms with E-state index in [4.69, 9.17) is 34.9 Å². The van der Waals surface area contributed by atoms with E-state index in [0.717, 1.165) is 16.8 Å². The highest BCUT2D eigenvalue weighted by atomic mass is 79.9. The molecule has 0 radical (unpaired) electrons. The van der Waals surface area contributed by atoms with Gasteiger partial charge in [-0.3, -0.25) is 23.7 Å². The number of aliphatic hydroxyl groups excluding tert-OH is 1. The van der Waals surface area contributed by atoms with Crippen LogP contribution in [0.3, 0.4) is 0 Å². The first kappa shape index (κ1) is 30.4. The van der Waals surface area contributed by atoms with Crippen LogP contribution in [-0.2, 0) is 23.4 Å². The van der Waals surface area contributed by atoms with E-state index in [2.05, 4.69) is 26.0 Å². The molecule has 0 amide bonds. The number of halogens is 2. The maximum Gasteiger partial charge on any atom is 0.459 e. The van der Waals surface area contributed by atoms with Gasteiger partial charge in [-0.15, -0.1) is 0 Å². The number of nitrogens with zero attached hydrogens (tertiary/aromatic N) is 1. The van der Waals surface area contributed by atoms with Gasteiger partial charge in [0.15, 0.2) is 10.0 Å². The Bertz CT molecular complexity index is 1300. The standard InChI is InChI=1S/C22H28BrClN3O10P/c1-12(2)35-19(30)13(3)26-38(32,37-15-7-5-6-14(10-15)33-4)34-11-16-18(29)22(23,24)20(36-16)27-9-8-17(28)25-21(27)31/h5-10,12-13,16,18,20,29H,11H2,1-4H3,(H,26,32)(H,25,28,31)/t13-,16+,18+,20?,22-,38-/m0/s1. The summed E-state index contributed by atoms with van der Waals surface area (Å²) >= 11 is 9.62. The van der Waals surface area contributed by atoms with Gasteiger partial charge in [-0.1, -0.05) is 33.6 Å². The second-order valence-electron chi connectivity index (χ2n) is 8.56. The van der Waals surface area contributed by atoms with Crippen molar-refractivity contribution in [2.75, 3.05) is 13.7 Å². The van der Waals surface area contributed by atoms with Crippen molar-refractivity contribution in [1.82, 2.24) is 14.6 Å². The van der Waals surface area contributed by atoms with E-state index >= 15 is 0 Å². The average Bonchev–Trinajstić information content (AvgIpc) is 3.06. The van der Waals surface area contributed by atoms with Crippen LogP contribution in [0.4, 0.5) is 0 Å². The Morgan fingerprint density at radius 3 is 2.63 bits per heavy atom. The molecule has 2 heterocycles. The van der Waals surface area contributed by atoms with E-state index in [9.17, 15) is 24.1 Å². The summed E-state index contributed by atoms with van der Waals surface area (Å²) in [6.07, 6.45) is -3.26. The third-order valence-electron chi connectivity index (χ3n) is 5.22. The number of hydrogen-bond acceptors (Lipinski definition) is 10. The van der Waals surface area contributed by atoms with Crippen molar-refractivity contribution in [3.8, 4) is 11.5 Å². The summed E-state index contributed by atoms with van der Waals surface area (Å²) in [6.45, 7) is 4.19. The van der Waals surface area contributed by atoms with Gasteiger partial charge in [-0.25, -0.2) is 9.36 Å². The van der Waals surface area contributed by atoms with Crippen molar-refractivity contribution in [2.45, 2.75) is 55.1 Å². The fraction of sp³-hybridized carbons (Fsp3) is 0.500. The second-order valence-corrected chi connectivity index (χ2v) is 12.7. The van der Waals surface area contributed by atoms with Gasteiger partial charge in [0.25, 0.3) is 5.56 Å². The van der Waals surface area contributed by atoms with Crippen LogP contribution in [0.5, 0.6) is 11.5 Å². The first-order valence-corrected chi connectivity index (χ1v) is 14.1. The molecule has 0 spiro atoms. The molecule has 1 aliphatic rings. The molecule has 1 fully saturated rings. The molecule has 16 heteroatoms. The Labute approximate surface area is 231 Å². The van der Waals surface area contributed by atoms with Crippen LogP contribution < -0.4 is 25.6 Å². The number of ether oxygens (including phenoxy) is 3. The van der Waals surface area contributed by atoms with Gasteiger partial charge in [-0.05, 0) is 32.9 Å². The Morgan fingerprint density at radius 2 is 2.00 bits per heavy atom. The zero-order valence-corrected chi connectivity index (χ0v) is 24.1. The van der Waals surface area contributed by atoms with Gasteiger partial charge >= 0.3 is 19.4 Å². The molecule has 0 bridgehead atoms. The number of rotatable bonds is 11. The van der Waals surface area contributed by atoms with E-state index in [1.54, 1.807) is 26.0 Å². The smallest absolute Gasteiger partial charge is 0.459 e. The molecule has 3 N–H and O–H groups in total. The molecule has 1 unspecified atom stereocenters. The van der Waals surface area contributed by atoms with E-state index < -0.39 is 65.9 Å². The van der Waals surface area contributed by atoms with Crippen LogP contribution in [0.2, 0.25) is 0 Å². The Kier molecular flexibility index (Phi) is 9.85. The van der Waals surface area contributed by atoms with E-state index in [0.29, 0.717) is 5.75 Å². The van der Waals surface area contributed by atoms with E-state index in [-0.39, 0.29) is 5.75 Å². The van der Waals surface area contributed by atoms with Crippen LogP contribution in [0, 0.1) is 0 Å². The van der Waals surface area contributed by atoms with Crippen molar-refractivity contribution in [3.05, 3.63) is 57.4 Å². The molecule has 13 nitrogen and oxygen atoms in total. The van der Waals surface area contributed by atoms with Crippen LogP contribution >= 0.6 is 35.3 Å². The number of esters is 1. The number of methoxy groups -OCH3 is 1. The van der Waals surface area contributed by atoms with Crippen LogP contribution in [0.1, 0.15) is 27.0 Å². The molecule has 2 aromatic rings. The number of carbonyl (C=O) groups is 1. The summed E-state index contributed by atoms with van der Waals surface area (Å²) in [4.78, 5) is 38.1. The summed E-state index contributed by atoms with van der Waals surface area (Å²) < 4.78 is 40.3. The fourth-order valence-electron chi connectivity index (χ4n) is 3.40. The first-order chi connectivity index (χ1) is 17.8. The monoisotopic (exact) mass is 639 g/mol. The van der Waals surface area contributed by atoms with Crippen molar-refractivity contribution >= 4 is 41.2 Å². The van der Waals surface area contributed by atoms with Crippen molar-refractivity contribution in [3.63, 3.8) is 0 Å². The Morgan fingerprint density at radius 1 is 1.32 bits per heavy atom. The maximum atomic E-state index is 13.8. The van der Waals surface area contributed by atoms with Gasteiger partial charge in [-0.2, -0.15) is 5.09 Å². The first-order valence-electron chi connectivity index (χ1n) is 11.3. The van der Waals surface area contributed by atoms with Crippen LogP contribution in [-0.4, -0.2) is 62.5 Å². The molecule has 1 aromatic carbocycles. The molecule has 1 saturated heterocycles. The van der Waals surface area contributed by atoms with Gasteiger partial charge in [0.05, 0.1) is 19.8 Å². The highest BCUT2D eigenvalue weighted by molar-refractivity contribution is 9.10. The predicted molar refractivity (Wildman–Crippen MR) is 140 cm³/mol. The summed E-state index contributed by atoms with van der Waals surface area (Å²) in [6, 6.07) is 6.16. The SMILES string of the molecule is COc1cccc(O[P@](=O)(N[C@@H](C)C(=O)OC(C)C)OC[C@H]2OC(n3ccc(=O)[nH]c3=O)[C@](Cl)(Br)[C@@H]2O)c1. The zero-order chi connectivity index (χ0) is 28.3. The summed E-state index contributed by atoms with van der Waals surface area (Å²) in [5.74, 6) is -0.188. The zero-order valence-electron chi connectivity index (χ0n) is 20.8. The molecule has 0 saturated carbocycles. The highest BCUT2D eigenvalue weighted by Crippen LogP contribution is 2.50. The second kappa shape index (κ2) is 12.3. The summed E-state index contributed by atoms with van der Waals surface area (Å²) in [5, 5.41) is 13.3. The number of aliphatic hydroxyl groups is 1. The number of H-pyrrole nitrogens is 1. The minimum Gasteiger partial charge on any atom is -0.497 e. The lowest BCUT2D eigenvalue weighted by Crippen LogP contribution is -2.41. The molecule has 1 aromatic heterocycles.